The van der Waals surface area contributed by atoms with Gasteiger partial charge in [0.05, 0.1) is 18.9 Å². The van der Waals surface area contributed by atoms with E-state index in [1.54, 1.807) is 4.90 Å². The fourth-order valence-electron chi connectivity index (χ4n) is 4.23. The molecule has 164 valence electrons. The molecule has 1 aromatic carbocycles. The number of rotatable bonds is 7. The molecule has 2 heterocycles. The number of carbonyl (C=O) groups is 3. The summed E-state index contributed by atoms with van der Waals surface area (Å²) in [6.45, 7) is 8.28. The molecule has 0 spiro atoms. The highest BCUT2D eigenvalue weighted by Gasteiger charge is 2.38. The lowest BCUT2D eigenvalue weighted by Gasteiger charge is -2.34. The number of hydrogen-bond acceptors (Lipinski definition) is 4. The molecule has 1 atom stereocenters. The lowest BCUT2D eigenvalue weighted by Crippen LogP contribution is -2.48. The number of nitrogens with one attached hydrogen (secondary N) is 1. The standard InChI is InChI=1S/C23H33N3O4/c1-4-30-20-7-5-17(6-8-20)13-21(27)24-19-9-11-25(12-10-19)23(29)18-14-22(28)26(15-18)16(2)3/h5-8,16,18-19H,4,9-15H2,1-3H3,(H,24,27). The Balaban J connectivity index is 1.42. The van der Waals surface area contributed by atoms with E-state index in [-0.39, 0.29) is 35.7 Å². The van der Waals surface area contributed by atoms with Crippen molar-refractivity contribution in [2.24, 2.45) is 5.92 Å². The van der Waals surface area contributed by atoms with E-state index in [1.165, 1.54) is 0 Å². The summed E-state index contributed by atoms with van der Waals surface area (Å²) in [4.78, 5) is 40.9. The first-order valence-corrected chi connectivity index (χ1v) is 11.0. The summed E-state index contributed by atoms with van der Waals surface area (Å²) >= 11 is 0. The molecule has 3 rings (SSSR count). The fourth-order valence-corrected chi connectivity index (χ4v) is 4.23. The molecule has 1 unspecified atom stereocenters. The van der Waals surface area contributed by atoms with E-state index in [9.17, 15) is 14.4 Å². The van der Waals surface area contributed by atoms with Crippen LogP contribution >= 0.6 is 0 Å². The summed E-state index contributed by atoms with van der Waals surface area (Å²) < 4.78 is 5.42. The van der Waals surface area contributed by atoms with Gasteiger partial charge in [0.15, 0.2) is 0 Å². The average Bonchev–Trinajstić information content (AvgIpc) is 3.12. The molecule has 0 saturated carbocycles. The zero-order valence-electron chi connectivity index (χ0n) is 18.2. The number of piperidine rings is 1. The summed E-state index contributed by atoms with van der Waals surface area (Å²) in [5.41, 5.74) is 0.948. The number of hydrogen-bond donors (Lipinski definition) is 1. The van der Waals surface area contributed by atoms with Gasteiger partial charge in [0, 0.05) is 38.1 Å². The zero-order chi connectivity index (χ0) is 21.7. The minimum absolute atomic E-state index is 0.00194. The van der Waals surface area contributed by atoms with Gasteiger partial charge in [-0.2, -0.15) is 0 Å². The molecule has 1 aromatic rings. The average molecular weight is 416 g/mol. The second-order valence-corrected chi connectivity index (χ2v) is 8.46. The highest BCUT2D eigenvalue weighted by atomic mass is 16.5. The number of nitrogens with zero attached hydrogens (tertiary/aromatic N) is 2. The SMILES string of the molecule is CCOc1ccc(CC(=O)NC2CCN(C(=O)C3CC(=O)N(C(C)C)C3)CC2)cc1. The van der Waals surface area contributed by atoms with Crippen molar-refractivity contribution in [3.8, 4) is 5.75 Å². The molecule has 0 bridgehead atoms. The fraction of sp³-hybridized carbons (Fsp3) is 0.609. The van der Waals surface area contributed by atoms with Crippen LogP contribution in [0.5, 0.6) is 5.75 Å². The molecular formula is C23H33N3O4. The van der Waals surface area contributed by atoms with Gasteiger partial charge < -0.3 is 19.9 Å². The highest BCUT2D eigenvalue weighted by molar-refractivity contribution is 5.89. The maximum atomic E-state index is 12.8. The molecular weight excluding hydrogens is 382 g/mol. The Labute approximate surface area is 178 Å². The van der Waals surface area contributed by atoms with E-state index < -0.39 is 0 Å². The maximum Gasteiger partial charge on any atom is 0.227 e. The maximum absolute atomic E-state index is 12.8. The largest absolute Gasteiger partial charge is 0.494 e. The third kappa shape index (κ3) is 5.52. The minimum Gasteiger partial charge on any atom is -0.494 e. The molecule has 0 aliphatic carbocycles. The Morgan fingerprint density at radius 3 is 2.40 bits per heavy atom. The summed E-state index contributed by atoms with van der Waals surface area (Å²) in [6, 6.07) is 7.80. The van der Waals surface area contributed by atoms with Crippen molar-refractivity contribution < 1.29 is 19.1 Å². The number of carbonyl (C=O) groups excluding carboxylic acids is 3. The van der Waals surface area contributed by atoms with Crippen molar-refractivity contribution in [2.45, 2.75) is 58.5 Å². The van der Waals surface area contributed by atoms with E-state index >= 15 is 0 Å². The summed E-state index contributed by atoms with van der Waals surface area (Å²) in [7, 11) is 0. The van der Waals surface area contributed by atoms with Crippen molar-refractivity contribution in [1.29, 1.82) is 0 Å². The molecule has 2 aliphatic rings. The van der Waals surface area contributed by atoms with Crippen molar-refractivity contribution in [1.82, 2.24) is 15.1 Å². The quantitative estimate of drug-likeness (QED) is 0.739. The normalized spacial score (nSPS) is 20.0. The van der Waals surface area contributed by atoms with Crippen LogP contribution in [0.3, 0.4) is 0 Å². The number of benzene rings is 1. The van der Waals surface area contributed by atoms with Gasteiger partial charge in [-0.25, -0.2) is 0 Å². The summed E-state index contributed by atoms with van der Waals surface area (Å²) in [5.74, 6) is 0.716. The van der Waals surface area contributed by atoms with Crippen LogP contribution in [0.1, 0.15) is 45.6 Å². The Morgan fingerprint density at radius 2 is 1.83 bits per heavy atom. The van der Waals surface area contributed by atoms with Crippen LogP contribution in [0, 0.1) is 5.92 Å². The minimum atomic E-state index is -0.231. The Morgan fingerprint density at radius 1 is 1.17 bits per heavy atom. The number of ether oxygens (including phenoxy) is 1. The Hall–Kier alpha value is -2.57. The van der Waals surface area contributed by atoms with E-state index in [4.69, 9.17) is 4.74 Å². The van der Waals surface area contributed by atoms with Crippen LogP contribution in [0.2, 0.25) is 0 Å². The van der Waals surface area contributed by atoms with Gasteiger partial charge in [0.25, 0.3) is 0 Å². The smallest absolute Gasteiger partial charge is 0.227 e. The van der Waals surface area contributed by atoms with Gasteiger partial charge in [-0.05, 0) is 51.3 Å². The van der Waals surface area contributed by atoms with Gasteiger partial charge in [0.2, 0.25) is 17.7 Å². The van der Waals surface area contributed by atoms with Crippen LogP contribution in [0.25, 0.3) is 0 Å². The number of likely N-dealkylation sites (tertiary alicyclic amines) is 2. The molecule has 7 nitrogen and oxygen atoms in total. The Kier molecular flexibility index (Phi) is 7.34. The van der Waals surface area contributed by atoms with Crippen molar-refractivity contribution >= 4 is 17.7 Å². The molecule has 0 radical (unpaired) electrons. The molecule has 7 heteroatoms. The first-order valence-electron chi connectivity index (χ1n) is 11.0. The lowest BCUT2D eigenvalue weighted by molar-refractivity contribution is -0.137. The van der Waals surface area contributed by atoms with Crippen LogP contribution in [-0.4, -0.2) is 65.8 Å². The first kappa shape index (κ1) is 22.1. The van der Waals surface area contributed by atoms with Gasteiger partial charge in [-0.15, -0.1) is 0 Å². The van der Waals surface area contributed by atoms with Crippen LogP contribution < -0.4 is 10.1 Å². The topological polar surface area (TPSA) is 79.0 Å². The third-order valence-corrected chi connectivity index (χ3v) is 5.90. The van der Waals surface area contributed by atoms with Crippen molar-refractivity contribution in [2.75, 3.05) is 26.2 Å². The molecule has 1 N–H and O–H groups in total. The van der Waals surface area contributed by atoms with Gasteiger partial charge >= 0.3 is 0 Å². The lowest BCUT2D eigenvalue weighted by atomic mass is 10.0. The van der Waals surface area contributed by atoms with E-state index in [1.807, 2.05) is 49.9 Å². The third-order valence-electron chi connectivity index (χ3n) is 5.90. The molecule has 3 amide bonds. The number of amides is 3. The van der Waals surface area contributed by atoms with Gasteiger partial charge in [-0.3, -0.25) is 14.4 Å². The second kappa shape index (κ2) is 9.96. The van der Waals surface area contributed by atoms with E-state index in [0.717, 1.165) is 24.2 Å². The second-order valence-electron chi connectivity index (χ2n) is 8.46. The molecule has 2 aliphatic heterocycles. The molecule has 30 heavy (non-hydrogen) atoms. The van der Waals surface area contributed by atoms with E-state index in [2.05, 4.69) is 5.32 Å². The van der Waals surface area contributed by atoms with Gasteiger partial charge in [-0.1, -0.05) is 12.1 Å². The molecule has 2 saturated heterocycles. The highest BCUT2D eigenvalue weighted by Crippen LogP contribution is 2.24. The first-order chi connectivity index (χ1) is 14.4. The monoisotopic (exact) mass is 415 g/mol. The zero-order valence-corrected chi connectivity index (χ0v) is 18.2. The van der Waals surface area contributed by atoms with Crippen molar-refractivity contribution in [3.05, 3.63) is 29.8 Å². The predicted octanol–water partition coefficient (Wildman–Crippen LogP) is 1.99. The van der Waals surface area contributed by atoms with Crippen LogP contribution in [-0.2, 0) is 20.8 Å². The molecule has 0 aromatic heterocycles. The summed E-state index contributed by atoms with van der Waals surface area (Å²) in [5, 5.41) is 3.09. The van der Waals surface area contributed by atoms with E-state index in [0.29, 0.717) is 39.1 Å². The van der Waals surface area contributed by atoms with Crippen LogP contribution in [0.15, 0.2) is 24.3 Å². The summed E-state index contributed by atoms with van der Waals surface area (Å²) in [6.07, 6.45) is 2.14. The predicted molar refractivity (Wildman–Crippen MR) is 114 cm³/mol. The molecule has 2 fully saturated rings. The Bertz CT molecular complexity index is 754. The van der Waals surface area contributed by atoms with Gasteiger partial charge in [0.1, 0.15) is 5.75 Å². The van der Waals surface area contributed by atoms with Crippen LogP contribution in [0.4, 0.5) is 0 Å². The van der Waals surface area contributed by atoms with Crippen molar-refractivity contribution in [3.63, 3.8) is 0 Å².